The lowest BCUT2D eigenvalue weighted by Crippen LogP contribution is -2.51. The maximum Gasteiger partial charge on any atom is 0.251 e. The average Bonchev–Trinajstić information content (AvgIpc) is 3.53. The van der Waals surface area contributed by atoms with Crippen LogP contribution < -0.4 is 10.1 Å². The number of methoxy groups -OCH3 is 1. The lowest BCUT2D eigenvalue weighted by atomic mass is 9.69. The van der Waals surface area contributed by atoms with Crippen LogP contribution in [0.5, 0.6) is 5.75 Å². The number of benzene rings is 1. The van der Waals surface area contributed by atoms with Crippen LogP contribution in [0.2, 0.25) is 0 Å². The fourth-order valence-corrected chi connectivity index (χ4v) is 4.41. The molecule has 2 aliphatic carbocycles. The minimum atomic E-state index is -0.0941. The second-order valence-corrected chi connectivity index (χ2v) is 8.12. The number of carbonyl (C=O) groups excluding carboxylic acids is 2. The number of rotatable bonds is 6. The predicted molar refractivity (Wildman–Crippen MR) is 103 cm³/mol. The van der Waals surface area contributed by atoms with Crippen molar-refractivity contribution >= 4 is 11.8 Å². The topological polar surface area (TPSA) is 58.6 Å². The summed E-state index contributed by atoms with van der Waals surface area (Å²) in [5.74, 6) is 1.60. The molecular weight excluding hydrogens is 340 g/mol. The molecule has 1 aromatic carbocycles. The molecule has 1 saturated carbocycles. The number of nitrogens with zero attached hydrogens (tertiary/aromatic N) is 1. The van der Waals surface area contributed by atoms with E-state index in [1.54, 1.807) is 31.4 Å². The third-order valence-corrected chi connectivity index (χ3v) is 6.23. The van der Waals surface area contributed by atoms with Gasteiger partial charge < -0.3 is 15.0 Å². The Morgan fingerprint density at radius 2 is 2.04 bits per heavy atom. The molecule has 0 spiro atoms. The molecule has 5 heteroatoms. The van der Waals surface area contributed by atoms with E-state index < -0.39 is 0 Å². The van der Waals surface area contributed by atoms with Gasteiger partial charge in [0.25, 0.3) is 5.91 Å². The Balaban J connectivity index is 1.48. The van der Waals surface area contributed by atoms with Gasteiger partial charge in [0.1, 0.15) is 5.75 Å². The van der Waals surface area contributed by atoms with E-state index in [4.69, 9.17) is 4.74 Å². The predicted octanol–water partition coefficient (Wildman–Crippen LogP) is 3.51. The van der Waals surface area contributed by atoms with Gasteiger partial charge in [-0.2, -0.15) is 0 Å². The molecule has 3 aliphatic rings. The third kappa shape index (κ3) is 3.73. The van der Waals surface area contributed by atoms with Crippen LogP contribution in [0.25, 0.3) is 0 Å². The van der Waals surface area contributed by atoms with Gasteiger partial charge >= 0.3 is 0 Å². The number of nitrogens with one attached hydrogen (secondary N) is 1. The zero-order valence-corrected chi connectivity index (χ0v) is 16.0. The van der Waals surface area contributed by atoms with E-state index in [9.17, 15) is 9.59 Å². The number of hydrogen-bond acceptors (Lipinski definition) is 3. The Morgan fingerprint density at radius 3 is 2.74 bits per heavy atom. The Bertz CT molecular complexity index is 751. The third-order valence-electron chi connectivity index (χ3n) is 6.23. The first kappa shape index (κ1) is 18.1. The molecule has 1 aliphatic heterocycles. The summed E-state index contributed by atoms with van der Waals surface area (Å²) in [6.07, 6.45) is 9.32. The van der Waals surface area contributed by atoms with Crippen molar-refractivity contribution in [2.45, 2.75) is 44.9 Å². The van der Waals surface area contributed by atoms with Gasteiger partial charge in [0.05, 0.1) is 7.11 Å². The van der Waals surface area contributed by atoms with Crippen molar-refractivity contribution < 1.29 is 14.3 Å². The van der Waals surface area contributed by atoms with Crippen LogP contribution in [0.15, 0.2) is 36.0 Å². The van der Waals surface area contributed by atoms with Gasteiger partial charge in [0.2, 0.25) is 5.91 Å². The quantitative estimate of drug-likeness (QED) is 0.836. The summed E-state index contributed by atoms with van der Waals surface area (Å²) in [7, 11) is 1.61. The van der Waals surface area contributed by atoms with E-state index in [-0.39, 0.29) is 17.2 Å². The van der Waals surface area contributed by atoms with Crippen LogP contribution in [0, 0.1) is 11.3 Å². The molecule has 27 heavy (non-hydrogen) atoms. The second kappa shape index (κ2) is 7.37. The Morgan fingerprint density at radius 1 is 1.26 bits per heavy atom. The van der Waals surface area contributed by atoms with Crippen molar-refractivity contribution in [3.05, 3.63) is 41.6 Å². The normalized spacial score (nSPS) is 24.9. The minimum Gasteiger partial charge on any atom is -0.497 e. The average molecular weight is 368 g/mol. The molecule has 1 heterocycles. The Kier molecular flexibility index (Phi) is 4.94. The van der Waals surface area contributed by atoms with Gasteiger partial charge in [-0.15, -0.1) is 0 Å². The number of amides is 2. The minimum absolute atomic E-state index is 0.0670. The lowest BCUT2D eigenvalue weighted by Gasteiger charge is -2.47. The van der Waals surface area contributed by atoms with Crippen molar-refractivity contribution in [2.75, 3.05) is 20.2 Å². The van der Waals surface area contributed by atoms with Gasteiger partial charge in [-0.05, 0) is 68.7 Å². The molecule has 0 unspecified atom stereocenters. The van der Waals surface area contributed by atoms with Gasteiger partial charge in [-0.3, -0.25) is 9.59 Å². The zero-order chi connectivity index (χ0) is 18.9. The second-order valence-electron chi connectivity index (χ2n) is 8.12. The Labute approximate surface area is 160 Å². The van der Waals surface area contributed by atoms with Crippen molar-refractivity contribution in [3.8, 4) is 5.75 Å². The van der Waals surface area contributed by atoms with Crippen molar-refractivity contribution in [1.82, 2.24) is 10.2 Å². The molecule has 5 nitrogen and oxygen atoms in total. The summed E-state index contributed by atoms with van der Waals surface area (Å²) in [6.45, 7) is 1.46. The summed E-state index contributed by atoms with van der Waals surface area (Å²) in [5, 5.41) is 3.14. The largest absolute Gasteiger partial charge is 0.497 e. The number of allylic oxidation sites excluding steroid dienone is 1. The zero-order valence-electron chi connectivity index (χ0n) is 16.0. The highest BCUT2D eigenvalue weighted by Gasteiger charge is 2.45. The number of hydrogen-bond donors (Lipinski definition) is 1. The number of fused-ring (bicyclic) bond motifs is 1. The van der Waals surface area contributed by atoms with E-state index >= 15 is 0 Å². The number of likely N-dealkylation sites (tertiary alicyclic amines) is 1. The van der Waals surface area contributed by atoms with Crippen LogP contribution in [-0.2, 0) is 4.79 Å². The van der Waals surface area contributed by atoms with Gasteiger partial charge in [-0.1, -0.05) is 6.08 Å². The highest BCUT2D eigenvalue weighted by Crippen LogP contribution is 2.47. The van der Waals surface area contributed by atoms with Gasteiger partial charge in [0, 0.05) is 36.2 Å². The molecule has 2 fully saturated rings. The SMILES string of the molecule is COc1ccc(C(=O)NC[C@@]23CCCC=C2N(CC2CC2)C(=O)CC3)cc1. The molecule has 0 aromatic heterocycles. The van der Waals surface area contributed by atoms with Crippen LogP contribution in [0.1, 0.15) is 55.3 Å². The molecule has 4 rings (SSSR count). The highest BCUT2D eigenvalue weighted by atomic mass is 16.5. The highest BCUT2D eigenvalue weighted by molar-refractivity contribution is 5.94. The van der Waals surface area contributed by atoms with Crippen LogP contribution in [0.3, 0.4) is 0 Å². The van der Waals surface area contributed by atoms with E-state index in [2.05, 4.69) is 11.4 Å². The first-order valence-corrected chi connectivity index (χ1v) is 10.0. The number of piperidine rings is 1. The monoisotopic (exact) mass is 368 g/mol. The molecule has 1 N–H and O–H groups in total. The lowest BCUT2D eigenvalue weighted by molar-refractivity contribution is -0.134. The van der Waals surface area contributed by atoms with E-state index in [0.717, 1.165) is 38.0 Å². The van der Waals surface area contributed by atoms with Crippen molar-refractivity contribution in [2.24, 2.45) is 11.3 Å². The summed E-state index contributed by atoms with van der Waals surface area (Å²) in [6, 6.07) is 7.17. The fraction of sp³-hybridized carbons (Fsp3) is 0.545. The number of carbonyl (C=O) groups is 2. The van der Waals surface area contributed by atoms with Crippen LogP contribution in [-0.4, -0.2) is 36.9 Å². The summed E-state index contributed by atoms with van der Waals surface area (Å²) >= 11 is 0. The van der Waals surface area contributed by atoms with Gasteiger partial charge in [-0.25, -0.2) is 0 Å². The molecule has 1 saturated heterocycles. The number of ether oxygens (including phenoxy) is 1. The molecule has 144 valence electrons. The summed E-state index contributed by atoms with van der Waals surface area (Å²) < 4.78 is 5.16. The molecule has 1 atom stereocenters. The summed E-state index contributed by atoms with van der Waals surface area (Å²) in [4.78, 5) is 27.2. The molecular formula is C22H28N2O3. The molecule has 2 amide bonds. The maximum absolute atomic E-state index is 12.6. The maximum atomic E-state index is 12.6. The Hall–Kier alpha value is -2.30. The van der Waals surface area contributed by atoms with Gasteiger partial charge in [0.15, 0.2) is 0 Å². The van der Waals surface area contributed by atoms with E-state index in [1.165, 1.54) is 18.5 Å². The smallest absolute Gasteiger partial charge is 0.251 e. The molecule has 0 radical (unpaired) electrons. The van der Waals surface area contributed by atoms with Crippen molar-refractivity contribution in [1.29, 1.82) is 0 Å². The van der Waals surface area contributed by atoms with Crippen molar-refractivity contribution in [3.63, 3.8) is 0 Å². The first-order valence-electron chi connectivity index (χ1n) is 10.0. The fourth-order valence-electron chi connectivity index (χ4n) is 4.41. The van der Waals surface area contributed by atoms with E-state index in [0.29, 0.717) is 24.4 Å². The first-order chi connectivity index (χ1) is 13.1. The van der Waals surface area contributed by atoms with Crippen LogP contribution >= 0.6 is 0 Å². The van der Waals surface area contributed by atoms with Crippen LogP contribution in [0.4, 0.5) is 0 Å². The van der Waals surface area contributed by atoms with E-state index in [1.807, 2.05) is 4.90 Å². The summed E-state index contributed by atoms with van der Waals surface area (Å²) in [5.41, 5.74) is 1.71. The molecule has 1 aromatic rings. The molecule has 0 bridgehead atoms. The standard InChI is InChI=1S/C22H28N2O3/c1-27-18-9-7-17(8-10-18)21(26)23-15-22-12-3-2-4-19(22)24(14-16-5-6-16)20(25)11-13-22/h4,7-10,16H,2-3,5-6,11-15H2,1H3,(H,23,26)/t22-/m0/s1.